The molecule has 0 unspecified atom stereocenters. The lowest BCUT2D eigenvalue weighted by molar-refractivity contribution is -0.137. The molecule has 41 heavy (non-hydrogen) atoms. The number of ether oxygens (including phenoxy) is 1. The van der Waals surface area contributed by atoms with Crippen LogP contribution >= 0.6 is 11.6 Å². The van der Waals surface area contributed by atoms with Gasteiger partial charge in [-0.1, -0.05) is 24.6 Å². The molecular formula is C26H27ClF3N7O4. The molecule has 0 radical (unpaired) electrons. The average molecular weight is 594 g/mol. The molecule has 15 heteroatoms. The van der Waals surface area contributed by atoms with E-state index in [0.29, 0.717) is 69.4 Å². The van der Waals surface area contributed by atoms with Crippen molar-refractivity contribution in [2.45, 2.75) is 32.5 Å². The van der Waals surface area contributed by atoms with Crippen LogP contribution in [0.1, 0.15) is 30.4 Å². The zero-order chi connectivity index (χ0) is 29.3. The third kappa shape index (κ3) is 5.79. The molecular weight excluding hydrogens is 567 g/mol. The summed E-state index contributed by atoms with van der Waals surface area (Å²) in [4.78, 5) is 46.4. The lowest BCUT2D eigenvalue weighted by atomic mass is 10.1. The highest BCUT2D eigenvalue weighted by Crippen LogP contribution is 2.34. The van der Waals surface area contributed by atoms with E-state index in [9.17, 15) is 27.6 Å². The van der Waals surface area contributed by atoms with Crippen LogP contribution in [-0.2, 0) is 33.5 Å². The minimum atomic E-state index is -4.58. The molecule has 0 atom stereocenters. The second kappa shape index (κ2) is 11.5. The van der Waals surface area contributed by atoms with E-state index in [2.05, 4.69) is 15.4 Å². The summed E-state index contributed by atoms with van der Waals surface area (Å²) in [6, 6.07) is 2.67. The molecule has 11 nitrogen and oxygen atoms in total. The fourth-order valence-electron chi connectivity index (χ4n) is 4.97. The number of rotatable bonds is 7. The first-order valence-electron chi connectivity index (χ1n) is 13.0. The topological polar surface area (TPSA) is 114 Å². The van der Waals surface area contributed by atoms with Crippen molar-refractivity contribution in [2.24, 2.45) is 0 Å². The van der Waals surface area contributed by atoms with Gasteiger partial charge in [0, 0.05) is 26.2 Å². The van der Waals surface area contributed by atoms with Crippen LogP contribution in [0, 0.1) is 0 Å². The van der Waals surface area contributed by atoms with Crippen LogP contribution in [0.2, 0.25) is 5.02 Å². The number of carbonyl (C=O) groups excluding carboxylic acids is 2. The van der Waals surface area contributed by atoms with E-state index in [1.807, 2.05) is 17.9 Å². The van der Waals surface area contributed by atoms with Gasteiger partial charge in [-0.15, -0.1) is 5.10 Å². The molecule has 1 saturated heterocycles. The summed E-state index contributed by atoms with van der Waals surface area (Å²) >= 11 is 6.06. The number of aromatic nitrogens is 4. The highest BCUT2D eigenvalue weighted by molar-refractivity contribution is 6.33. The van der Waals surface area contributed by atoms with Crippen molar-refractivity contribution in [3.63, 3.8) is 0 Å². The van der Waals surface area contributed by atoms with Crippen molar-refractivity contribution < 1.29 is 27.5 Å². The van der Waals surface area contributed by atoms with Crippen LogP contribution in [0.15, 0.2) is 29.1 Å². The molecule has 2 amide bonds. The van der Waals surface area contributed by atoms with E-state index in [-0.39, 0.29) is 23.0 Å². The molecule has 3 aromatic rings. The number of anilines is 2. The summed E-state index contributed by atoms with van der Waals surface area (Å²) in [5.41, 5.74) is 0.378. The number of fused-ring (bicyclic) bond motifs is 1. The number of nitrogens with one attached hydrogen (secondary N) is 1. The Hall–Kier alpha value is -3.91. The fourth-order valence-corrected chi connectivity index (χ4v) is 5.20. The molecule has 0 aliphatic carbocycles. The summed E-state index contributed by atoms with van der Waals surface area (Å²) < 4.78 is 47.3. The summed E-state index contributed by atoms with van der Waals surface area (Å²) in [6.07, 6.45) is -1.06. The third-order valence-electron chi connectivity index (χ3n) is 7.06. The zero-order valence-corrected chi connectivity index (χ0v) is 22.8. The third-order valence-corrected chi connectivity index (χ3v) is 7.38. The average Bonchev–Trinajstić information content (AvgIpc) is 3.41. The van der Waals surface area contributed by atoms with Crippen LogP contribution in [0.3, 0.4) is 0 Å². The number of alkyl halides is 3. The Morgan fingerprint density at radius 1 is 1.22 bits per heavy atom. The largest absolute Gasteiger partial charge is 0.416 e. The normalized spacial score (nSPS) is 16.2. The smallest absolute Gasteiger partial charge is 0.377 e. The Bertz CT molecular complexity index is 1580. The standard InChI is InChI=1S/C26H27ClF3N7O4/c1-2-20-22(35-9-7-34(15-38)8-10-35)24(40)37-25(32-23(33-37)16-5-11-41-12-6-16)36(20)14-21(39)31-19-4-3-17(13-18(19)27)26(28,29)30/h3-5,13,15H,2,6-12,14H2,1H3,(H,31,39). The van der Waals surface area contributed by atoms with Crippen LogP contribution in [0.4, 0.5) is 24.5 Å². The first-order chi connectivity index (χ1) is 19.6. The molecule has 1 aromatic carbocycles. The second-order valence-electron chi connectivity index (χ2n) is 9.61. The van der Waals surface area contributed by atoms with Gasteiger partial charge in [-0.05, 0) is 36.6 Å². The fraction of sp³-hybridized carbons (Fsp3) is 0.423. The zero-order valence-electron chi connectivity index (χ0n) is 22.1. The Balaban J connectivity index is 1.56. The summed E-state index contributed by atoms with van der Waals surface area (Å²) in [6.45, 7) is 4.06. The van der Waals surface area contributed by atoms with Gasteiger partial charge in [0.25, 0.3) is 5.56 Å². The minimum Gasteiger partial charge on any atom is -0.377 e. The number of benzene rings is 1. The number of carbonyl (C=O) groups is 2. The van der Waals surface area contributed by atoms with Gasteiger partial charge in [0.15, 0.2) is 5.82 Å². The highest BCUT2D eigenvalue weighted by atomic mass is 35.5. The van der Waals surface area contributed by atoms with Crippen molar-refractivity contribution in [1.29, 1.82) is 0 Å². The first kappa shape index (κ1) is 28.6. The monoisotopic (exact) mass is 593 g/mol. The molecule has 2 aliphatic rings. The van der Waals surface area contributed by atoms with E-state index in [1.165, 1.54) is 4.52 Å². The van der Waals surface area contributed by atoms with Gasteiger partial charge in [-0.2, -0.15) is 22.7 Å². The molecule has 0 saturated carbocycles. The maximum atomic E-state index is 13.8. The molecule has 0 bridgehead atoms. The van der Waals surface area contributed by atoms with Gasteiger partial charge in [0.1, 0.15) is 12.2 Å². The number of hydrogen-bond donors (Lipinski definition) is 1. The van der Waals surface area contributed by atoms with Crippen molar-refractivity contribution in [3.05, 3.63) is 56.7 Å². The van der Waals surface area contributed by atoms with E-state index >= 15 is 0 Å². The quantitative estimate of drug-likeness (QED) is 0.419. The molecule has 1 N–H and O–H groups in total. The van der Waals surface area contributed by atoms with E-state index in [4.69, 9.17) is 16.3 Å². The molecule has 0 spiro atoms. The van der Waals surface area contributed by atoms with Gasteiger partial charge in [-0.3, -0.25) is 14.4 Å². The number of hydrogen-bond acceptors (Lipinski definition) is 7. The number of nitrogens with zero attached hydrogens (tertiary/aromatic N) is 6. The number of halogens is 4. The lowest BCUT2D eigenvalue weighted by Gasteiger charge is -2.35. The predicted octanol–water partition coefficient (Wildman–Crippen LogP) is 2.85. The van der Waals surface area contributed by atoms with Gasteiger partial charge >= 0.3 is 6.18 Å². The Kier molecular flexibility index (Phi) is 8.04. The summed E-state index contributed by atoms with van der Waals surface area (Å²) in [5.74, 6) is -0.0908. The SMILES string of the molecule is CCc1c(N2CCN(C=O)CC2)c(=O)n2nc(C3=CCOCC3)nc2n1CC(=O)Nc1ccc(C(F)(F)F)cc1Cl. The highest BCUT2D eigenvalue weighted by Gasteiger charge is 2.31. The van der Waals surface area contributed by atoms with Gasteiger partial charge in [0.05, 0.1) is 35.2 Å². The maximum absolute atomic E-state index is 13.8. The van der Waals surface area contributed by atoms with Gasteiger partial charge in [0.2, 0.25) is 18.1 Å². The second-order valence-corrected chi connectivity index (χ2v) is 10.0. The van der Waals surface area contributed by atoms with E-state index < -0.39 is 23.2 Å². The maximum Gasteiger partial charge on any atom is 0.416 e. The van der Waals surface area contributed by atoms with Crippen molar-refractivity contribution in [3.8, 4) is 0 Å². The molecule has 1 fully saturated rings. The Labute approximate surface area is 237 Å². The first-order valence-corrected chi connectivity index (χ1v) is 13.4. The molecule has 218 valence electrons. The van der Waals surface area contributed by atoms with Crippen LogP contribution in [0.5, 0.6) is 0 Å². The Morgan fingerprint density at radius 3 is 2.59 bits per heavy atom. The van der Waals surface area contributed by atoms with Crippen molar-refractivity contribution in [2.75, 3.05) is 49.6 Å². The van der Waals surface area contributed by atoms with Crippen LogP contribution < -0.4 is 15.8 Å². The van der Waals surface area contributed by atoms with Gasteiger partial charge in [-0.25, -0.2) is 0 Å². The van der Waals surface area contributed by atoms with Crippen molar-refractivity contribution in [1.82, 2.24) is 24.1 Å². The molecule has 5 rings (SSSR count). The lowest BCUT2D eigenvalue weighted by Crippen LogP contribution is -2.48. The van der Waals surface area contributed by atoms with Crippen LogP contribution in [-0.4, -0.2) is 75.8 Å². The Morgan fingerprint density at radius 2 is 1.98 bits per heavy atom. The summed E-state index contributed by atoms with van der Waals surface area (Å²) in [7, 11) is 0. The predicted molar refractivity (Wildman–Crippen MR) is 145 cm³/mol. The van der Waals surface area contributed by atoms with Crippen LogP contribution in [0.25, 0.3) is 11.4 Å². The molecule has 4 heterocycles. The number of amides is 2. The summed E-state index contributed by atoms with van der Waals surface area (Å²) in [5, 5.41) is 6.80. The van der Waals surface area contributed by atoms with Crippen molar-refractivity contribution >= 4 is 46.6 Å². The van der Waals surface area contributed by atoms with E-state index in [0.717, 1.165) is 30.2 Å². The van der Waals surface area contributed by atoms with Gasteiger partial charge < -0.3 is 24.4 Å². The minimum absolute atomic E-state index is 0.0134. The molecule has 2 aromatic heterocycles. The number of piperazine rings is 1. The molecule has 2 aliphatic heterocycles. The van der Waals surface area contributed by atoms with E-state index in [1.54, 1.807) is 9.47 Å².